The number of methoxy groups -OCH3 is 1. The molecule has 0 radical (unpaired) electrons. The number of carbonyl (C=O) groups excluding carboxylic acids is 1. The summed E-state index contributed by atoms with van der Waals surface area (Å²) >= 11 is 3.03. The molecule has 2 N–H and O–H groups in total. The van der Waals surface area contributed by atoms with E-state index in [9.17, 15) is 18.0 Å². The Bertz CT molecular complexity index is 1180. The summed E-state index contributed by atoms with van der Waals surface area (Å²) in [5.74, 6) is 5.68. The van der Waals surface area contributed by atoms with Crippen LogP contribution in [0.25, 0.3) is 5.52 Å². The van der Waals surface area contributed by atoms with E-state index in [0.717, 1.165) is 0 Å². The molecule has 162 valence electrons. The second-order valence-electron chi connectivity index (χ2n) is 6.02. The molecule has 2 heterocycles. The van der Waals surface area contributed by atoms with Crippen LogP contribution in [0.4, 0.5) is 18.9 Å². The number of pyridine rings is 1. The number of ether oxygens (including phenoxy) is 1. The van der Waals surface area contributed by atoms with Gasteiger partial charge in [0.1, 0.15) is 16.0 Å². The van der Waals surface area contributed by atoms with Crippen LogP contribution in [0, 0.1) is 11.8 Å². The zero-order chi connectivity index (χ0) is 22.6. The number of aromatic nitrogens is 2. The van der Waals surface area contributed by atoms with Crippen molar-refractivity contribution in [2.45, 2.75) is 10.4 Å². The lowest BCUT2D eigenvalue weighted by molar-refractivity contribution is -0.0327. The van der Waals surface area contributed by atoms with Crippen molar-refractivity contribution < 1.29 is 22.7 Å². The fraction of sp³-hybridized carbons (Fsp3) is 0.200. The smallest absolute Gasteiger partial charge is 0.446 e. The molecular formula is C20H16BrF3N4O2S. The lowest BCUT2D eigenvalue weighted by Gasteiger charge is -2.10. The summed E-state index contributed by atoms with van der Waals surface area (Å²) in [7, 11) is 2.99. The van der Waals surface area contributed by atoms with Gasteiger partial charge in [-0.05, 0) is 63.9 Å². The number of nitrogens with one attached hydrogen (secondary N) is 2. The Kier molecular flexibility index (Phi) is 7.02. The molecule has 0 fully saturated rings. The minimum atomic E-state index is -4.47. The minimum Gasteiger partial charge on any atom is -0.495 e. The van der Waals surface area contributed by atoms with E-state index in [-0.39, 0.29) is 34.8 Å². The molecule has 2 aromatic heterocycles. The predicted octanol–water partition coefficient (Wildman–Crippen LogP) is 4.54. The Labute approximate surface area is 188 Å². The fourth-order valence-electron chi connectivity index (χ4n) is 2.70. The maximum absolute atomic E-state index is 13.0. The molecule has 11 heteroatoms. The highest BCUT2D eigenvalue weighted by molar-refractivity contribution is 9.10. The fourth-order valence-corrected chi connectivity index (χ4v) is 3.81. The first-order valence-corrected chi connectivity index (χ1v) is 10.4. The normalized spacial score (nSPS) is 11.0. The third-order valence-corrected chi connectivity index (χ3v) is 5.49. The van der Waals surface area contributed by atoms with Gasteiger partial charge in [-0.25, -0.2) is 4.52 Å². The molecule has 0 bridgehead atoms. The van der Waals surface area contributed by atoms with Gasteiger partial charge in [-0.3, -0.25) is 4.79 Å². The van der Waals surface area contributed by atoms with Crippen LogP contribution in [0.1, 0.15) is 16.1 Å². The van der Waals surface area contributed by atoms with Crippen molar-refractivity contribution in [3.63, 3.8) is 0 Å². The predicted molar refractivity (Wildman–Crippen MR) is 117 cm³/mol. The largest absolute Gasteiger partial charge is 0.495 e. The zero-order valence-electron chi connectivity index (χ0n) is 16.3. The van der Waals surface area contributed by atoms with E-state index in [2.05, 4.69) is 43.5 Å². The van der Waals surface area contributed by atoms with Crippen molar-refractivity contribution in [1.29, 1.82) is 0 Å². The molecule has 3 aromatic rings. The topological polar surface area (TPSA) is 67.7 Å². The number of anilines is 1. The lowest BCUT2D eigenvalue weighted by atomic mass is 10.1. The molecule has 0 aliphatic rings. The highest BCUT2D eigenvalue weighted by Gasteiger charge is 2.32. The highest BCUT2D eigenvalue weighted by atomic mass is 79.9. The number of hydrogen-bond donors (Lipinski definition) is 2. The lowest BCUT2D eigenvalue weighted by Crippen LogP contribution is -2.17. The van der Waals surface area contributed by atoms with Crippen LogP contribution in [-0.2, 0) is 0 Å². The van der Waals surface area contributed by atoms with Gasteiger partial charge in [-0.1, -0.05) is 12.0 Å². The van der Waals surface area contributed by atoms with Gasteiger partial charge < -0.3 is 15.4 Å². The second kappa shape index (κ2) is 9.53. The van der Waals surface area contributed by atoms with Crippen LogP contribution >= 0.6 is 27.7 Å². The monoisotopic (exact) mass is 512 g/mol. The first-order valence-electron chi connectivity index (χ1n) is 8.79. The average Bonchev–Trinajstić information content (AvgIpc) is 3.07. The molecule has 0 spiro atoms. The summed E-state index contributed by atoms with van der Waals surface area (Å²) in [6, 6.07) is 9.72. The van der Waals surface area contributed by atoms with Crippen LogP contribution in [-0.4, -0.2) is 41.7 Å². The van der Waals surface area contributed by atoms with Gasteiger partial charge in [-0.15, -0.1) is 0 Å². The summed E-state index contributed by atoms with van der Waals surface area (Å²) < 4.78 is 46.3. The van der Waals surface area contributed by atoms with Gasteiger partial charge in [-0.2, -0.15) is 18.3 Å². The highest BCUT2D eigenvalue weighted by Crippen LogP contribution is 2.41. The van der Waals surface area contributed by atoms with Gasteiger partial charge in [0.25, 0.3) is 5.91 Å². The van der Waals surface area contributed by atoms with Crippen molar-refractivity contribution in [3.05, 3.63) is 52.3 Å². The van der Waals surface area contributed by atoms with E-state index >= 15 is 0 Å². The van der Waals surface area contributed by atoms with Crippen LogP contribution in [0.2, 0.25) is 0 Å². The Balaban J connectivity index is 1.84. The third-order valence-electron chi connectivity index (χ3n) is 4.05. The van der Waals surface area contributed by atoms with Gasteiger partial charge in [0, 0.05) is 12.6 Å². The van der Waals surface area contributed by atoms with Crippen molar-refractivity contribution in [2.75, 3.05) is 26.0 Å². The number of carbonyl (C=O) groups is 1. The summed E-state index contributed by atoms with van der Waals surface area (Å²) in [5, 5.41) is 9.75. The van der Waals surface area contributed by atoms with E-state index in [1.54, 1.807) is 36.4 Å². The van der Waals surface area contributed by atoms with Crippen LogP contribution in [0.3, 0.4) is 0 Å². The van der Waals surface area contributed by atoms with E-state index in [1.165, 1.54) is 18.7 Å². The summed E-state index contributed by atoms with van der Waals surface area (Å²) in [5.41, 5.74) is -3.12. The molecule has 3 rings (SSSR count). The summed E-state index contributed by atoms with van der Waals surface area (Å²) in [6.45, 7) is 0.126. The maximum Gasteiger partial charge on any atom is 0.446 e. The van der Waals surface area contributed by atoms with Gasteiger partial charge >= 0.3 is 5.51 Å². The van der Waals surface area contributed by atoms with Crippen molar-refractivity contribution in [2.24, 2.45) is 0 Å². The number of rotatable bonds is 5. The molecule has 0 saturated carbocycles. The molecule has 1 aromatic carbocycles. The molecule has 1 amide bonds. The van der Waals surface area contributed by atoms with Gasteiger partial charge in [0.15, 0.2) is 0 Å². The number of halogens is 4. The molecule has 6 nitrogen and oxygen atoms in total. The second-order valence-corrected chi connectivity index (χ2v) is 7.91. The number of hydrogen-bond acceptors (Lipinski definition) is 5. The molecule has 31 heavy (non-hydrogen) atoms. The quantitative estimate of drug-likeness (QED) is 0.298. The molecule has 0 atom stereocenters. The Morgan fingerprint density at radius 3 is 2.77 bits per heavy atom. The number of nitrogens with zero attached hydrogens (tertiary/aromatic N) is 2. The summed E-state index contributed by atoms with van der Waals surface area (Å²) in [4.78, 5) is 11.7. The first kappa shape index (κ1) is 22.8. The number of thioether (sulfide) groups is 1. The Hall–Kier alpha value is -2.84. The van der Waals surface area contributed by atoms with Crippen molar-refractivity contribution in [1.82, 2.24) is 14.9 Å². The molecule has 0 aliphatic carbocycles. The van der Waals surface area contributed by atoms with Crippen LogP contribution < -0.4 is 15.4 Å². The molecule has 0 aliphatic heterocycles. The SMILES string of the molecule is CNC(=O)c1ccc(NCC#Cc2nn3c(Br)cccc3c2SC(F)(F)F)c(OC)c1. The maximum atomic E-state index is 13.0. The Morgan fingerprint density at radius 1 is 1.32 bits per heavy atom. The minimum absolute atomic E-state index is 0.0259. The standard InChI is InChI=1S/C20H16BrF3N4O2S/c1-25-19(29)12-8-9-13(16(11-12)30-2)26-10-4-5-14-18(31-20(22,23)24)15-6-3-7-17(21)28(15)27-14/h3,6-9,11,26H,10H2,1-2H3,(H,25,29). The first-order chi connectivity index (χ1) is 14.7. The Morgan fingerprint density at radius 2 is 2.10 bits per heavy atom. The van der Waals surface area contributed by atoms with Crippen LogP contribution in [0.15, 0.2) is 45.9 Å². The molecule has 0 unspecified atom stereocenters. The zero-order valence-corrected chi connectivity index (χ0v) is 18.7. The summed E-state index contributed by atoms with van der Waals surface area (Å²) in [6.07, 6.45) is 0. The van der Waals surface area contributed by atoms with Crippen molar-refractivity contribution >= 4 is 44.8 Å². The van der Waals surface area contributed by atoms with Gasteiger partial charge in [0.05, 0.1) is 29.8 Å². The number of fused-ring (bicyclic) bond motifs is 1. The number of amides is 1. The molecule has 0 saturated heterocycles. The van der Waals surface area contributed by atoms with E-state index in [4.69, 9.17) is 4.74 Å². The van der Waals surface area contributed by atoms with Gasteiger partial charge in [0.2, 0.25) is 0 Å². The van der Waals surface area contributed by atoms with E-state index in [0.29, 0.717) is 27.1 Å². The van der Waals surface area contributed by atoms with Crippen LogP contribution in [0.5, 0.6) is 5.75 Å². The number of alkyl halides is 3. The van der Waals surface area contributed by atoms with E-state index in [1.807, 2.05) is 0 Å². The van der Waals surface area contributed by atoms with Crippen molar-refractivity contribution in [3.8, 4) is 17.6 Å². The van der Waals surface area contributed by atoms with E-state index < -0.39 is 5.51 Å². The molecular weight excluding hydrogens is 497 g/mol. The third kappa shape index (κ3) is 5.45. The average molecular weight is 513 g/mol. The number of benzene rings is 1.